The molecule has 0 spiro atoms. The highest BCUT2D eigenvalue weighted by molar-refractivity contribution is 7.88. The summed E-state index contributed by atoms with van der Waals surface area (Å²) in [5.74, 6) is -0.775. The van der Waals surface area contributed by atoms with Gasteiger partial charge in [0.25, 0.3) is 5.91 Å². The van der Waals surface area contributed by atoms with E-state index in [1.807, 2.05) is 30.3 Å². The van der Waals surface area contributed by atoms with E-state index in [2.05, 4.69) is 4.72 Å². The molecule has 2 heterocycles. The molecule has 2 saturated heterocycles. The zero-order valence-corrected chi connectivity index (χ0v) is 19.3. The average Bonchev–Trinajstić information content (AvgIpc) is 2.67. The normalized spacial score (nSPS) is 25.3. The van der Waals surface area contributed by atoms with Gasteiger partial charge in [-0.05, 0) is 50.2 Å². The molecule has 5 rings (SSSR count). The number of rotatable bonds is 6. The van der Waals surface area contributed by atoms with Crippen LogP contribution in [0.3, 0.4) is 0 Å². The molecular weight excluding hydrogens is 431 g/mol. The Labute approximate surface area is 188 Å². The molecule has 2 bridgehead atoms. The summed E-state index contributed by atoms with van der Waals surface area (Å²) in [4.78, 5) is 14.7. The van der Waals surface area contributed by atoms with Gasteiger partial charge in [0.1, 0.15) is 11.4 Å². The highest BCUT2D eigenvalue weighted by Crippen LogP contribution is 2.45. The molecule has 8 heteroatoms. The van der Waals surface area contributed by atoms with Gasteiger partial charge < -0.3 is 10.0 Å². The fourth-order valence-corrected chi connectivity index (χ4v) is 5.84. The second-order valence-electron chi connectivity index (χ2n) is 9.49. The summed E-state index contributed by atoms with van der Waals surface area (Å²) in [6, 6.07) is 13.1. The number of sulfonamides is 1. The van der Waals surface area contributed by atoms with Crippen LogP contribution in [-0.4, -0.2) is 54.3 Å². The summed E-state index contributed by atoms with van der Waals surface area (Å²) in [5, 5.41) is 10.4. The minimum atomic E-state index is -3.55. The monoisotopic (exact) mass is 460 g/mol. The van der Waals surface area contributed by atoms with Crippen LogP contribution in [0, 0.1) is 11.7 Å². The van der Waals surface area contributed by atoms with E-state index in [4.69, 9.17) is 0 Å². The van der Waals surface area contributed by atoms with E-state index in [9.17, 15) is 18.3 Å². The van der Waals surface area contributed by atoms with Crippen molar-refractivity contribution < 1.29 is 22.7 Å². The molecule has 3 aliphatic rings. The van der Waals surface area contributed by atoms with Gasteiger partial charge in [0, 0.05) is 17.6 Å². The van der Waals surface area contributed by atoms with Crippen molar-refractivity contribution in [2.75, 3.05) is 6.26 Å². The lowest BCUT2D eigenvalue weighted by Crippen LogP contribution is -2.72. The minimum Gasteiger partial charge on any atom is -0.381 e. The Balaban J connectivity index is 1.73. The van der Waals surface area contributed by atoms with Gasteiger partial charge in [0.05, 0.1) is 12.3 Å². The zero-order chi connectivity index (χ0) is 23.3. The number of nitrogens with one attached hydrogen (secondary N) is 1. The summed E-state index contributed by atoms with van der Waals surface area (Å²) >= 11 is 0. The molecule has 1 amide bonds. The van der Waals surface area contributed by atoms with E-state index in [-0.39, 0.29) is 24.2 Å². The third-order valence-corrected chi connectivity index (χ3v) is 7.22. The van der Waals surface area contributed by atoms with Gasteiger partial charge in [-0.3, -0.25) is 4.79 Å². The molecule has 3 fully saturated rings. The Morgan fingerprint density at radius 3 is 2.41 bits per heavy atom. The van der Waals surface area contributed by atoms with Crippen molar-refractivity contribution >= 4 is 15.9 Å². The molecule has 0 aromatic heterocycles. The predicted octanol–water partition coefficient (Wildman–Crippen LogP) is 2.71. The van der Waals surface area contributed by atoms with E-state index in [0.717, 1.165) is 11.8 Å². The lowest BCUT2D eigenvalue weighted by molar-refractivity contribution is -0.166. The molecule has 2 aromatic rings. The molecule has 2 aromatic carbocycles. The number of carbonyl (C=O) groups excluding carboxylic acids is 1. The first-order chi connectivity index (χ1) is 15.0. The van der Waals surface area contributed by atoms with Crippen LogP contribution in [0.1, 0.15) is 32.3 Å². The third-order valence-electron chi connectivity index (χ3n) is 6.52. The van der Waals surface area contributed by atoms with Crippen molar-refractivity contribution in [1.82, 2.24) is 9.62 Å². The second kappa shape index (κ2) is 8.24. The standard InChI is InChI=1S/C24H29FN2O4S/c1-24(2,29)23(28)27-18-12-17(13-18)22(26-32(3,30)31)20(27)14-16-10-7-11-19(21(16)25)15-8-5-4-6-9-15/h4-11,17-18,20,22,26,29H,12-14H2,1-3H3/t17?,18?,20-,22-/m0/s1. The summed E-state index contributed by atoms with van der Waals surface area (Å²) in [7, 11) is -3.55. The molecule has 1 aliphatic carbocycles. The van der Waals surface area contributed by atoms with Crippen molar-refractivity contribution in [3.05, 3.63) is 59.9 Å². The highest BCUT2D eigenvalue weighted by Gasteiger charge is 2.54. The first kappa shape index (κ1) is 22.9. The van der Waals surface area contributed by atoms with Crippen molar-refractivity contribution in [2.45, 2.75) is 56.8 Å². The lowest BCUT2D eigenvalue weighted by Gasteiger charge is -2.58. The smallest absolute Gasteiger partial charge is 0.254 e. The van der Waals surface area contributed by atoms with Crippen LogP contribution >= 0.6 is 0 Å². The molecule has 6 nitrogen and oxygen atoms in total. The number of hydrogen-bond acceptors (Lipinski definition) is 4. The zero-order valence-electron chi connectivity index (χ0n) is 18.5. The van der Waals surface area contributed by atoms with Crippen molar-refractivity contribution in [2.24, 2.45) is 5.92 Å². The number of amides is 1. The number of hydrogen-bond donors (Lipinski definition) is 2. The molecule has 2 aliphatic heterocycles. The number of piperidine rings is 2. The Hall–Kier alpha value is -2.29. The highest BCUT2D eigenvalue weighted by atomic mass is 32.2. The van der Waals surface area contributed by atoms with Gasteiger partial charge >= 0.3 is 0 Å². The fourth-order valence-electron chi connectivity index (χ4n) is 4.99. The average molecular weight is 461 g/mol. The van der Waals surface area contributed by atoms with E-state index in [1.54, 1.807) is 23.1 Å². The van der Waals surface area contributed by atoms with Crippen molar-refractivity contribution in [3.63, 3.8) is 0 Å². The first-order valence-electron chi connectivity index (χ1n) is 10.8. The SMILES string of the molecule is CC(C)(O)C(=O)N1C2CC(C2)[C@H](NS(C)(=O)=O)[C@@H]1Cc1cccc(-c2ccccc2)c1F. The van der Waals surface area contributed by atoms with Crippen LogP contribution in [0.2, 0.25) is 0 Å². The maximum absolute atomic E-state index is 15.6. The van der Waals surface area contributed by atoms with E-state index in [1.165, 1.54) is 13.8 Å². The molecule has 0 unspecified atom stereocenters. The fraction of sp³-hybridized carbons (Fsp3) is 0.458. The molecule has 2 atom stereocenters. The Kier molecular flexibility index (Phi) is 5.90. The van der Waals surface area contributed by atoms with Gasteiger partial charge in [0.15, 0.2) is 0 Å². The van der Waals surface area contributed by atoms with Crippen molar-refractivity contribution in [3.8, 4) is 11.1 Å². The maximum Gasteiger partial charge on any atom is 0.254 e. The number of benzene rings is 2. The van der Waals surface area contributed by atoms with Crippen LogP contribution in [0.15, 0.2) is 48.5 Å². The Morgan fingerprint density at radius 1 is 1.16 bits per heavy atom. The van der Waals surface area contributed by atoms with E-state index >= 15 is 4.39 Å². The first-order valence-corrected chi connectivity index (χ1v) is 12.7. The van der Waals surface area contributed by atoms with E-state index in [0.29, 0.717) is 24.0 Å². The number of halogens is 1. The van der Waals surface area contributed by atoms with Crippen LogP contribution in [0.4, 0.5) is 4.39 Å². The van der Waals surface area contributed by atoms with Crippen LogP contribution in [0.25, 0.3) is 11.1 Å². The number of nitrogens with zero attached hydrogens (tertiary/aromatic N) is 1. The molecular formula is C24H29FN2O4S. The minimum absolute atomic E-state index is 0.0750. The Bertz CT molecular complexity index is 1110. The second-order valence-corrected chi connectivity index (χ2v) is 11.3. The predicted molar refractivity (Wildman–Crippen MR) is 121 cm³/mol. The quantitative estimate of drug-likeness (QED) is 0.694. The Morgan fingerprint density at radius 2 is 1.81 bits per heavy atom. The van der Waals surface area contributed by atoms with Gasteiger partial charge in [-0.2, -0.15) is 0 Å². The van der Waals surface area contributed by atoms with Gasteiger partial charge in [-0.15, -0.1) is 0 Å². The summed E-state index contributed by atoms with van der Waals surface area (Å²) in [6.07, 6.45) is 2.57. The molecule has 172 valence electrons. The van der Waals surface area contributed by atoms with Crippen LogP contribution in [-0.2, 0) is 21.2 Å². The van der Waals surface area contributed by atoms with Crippen LogP contribution in [0.5, 0.6) is 0 Å². The molecule has 2 N–H and O–H groups in total. The van der Waals surface area contributed by atoms with Crippen LogP contribution < -0.4 is 4.72 Å². The van der Waals surface area contributed by atoms with E-state index < -0.39 is 33.6 Å². The van der Waals surface area contributed by atoms with Gasteiger partial charge in [0.2, 0.25) is 10.0 Å². The largest absolute Gasteiger partial charge is 0.381 e. The van der Waals surface area contributed by atoms with Gasteiger partial charge in [-0.1, -0.05) is 48.5 Å². The summed E-state index contributed by atoms with van der Waals surface area (Å²) in [6.45, 7) is 2.85. The number of fused-ring (bicyclic) bond motifs is 2. The maximum atomic E-state index is 15.6. The molecule has 0 radical (unpaired) electrons. The summed E-state index contributed by atoms with van der Waals surface area (Å²) < 4.78 is 42.5. The number of carbonyl (C=O) groups is 1. The van der Waals surface area contributed by atoms with Gasteiger partial charge in [-0.25, -0.2) is 17.5 Å². The summed E-state index contributed by atoms with van der Waals surface area (Å²) in [5.41, 5.74) is -0.00191. The topological polar surface area (TPSA) is 86.7 Å². The molecule has 1 saturated carbocycles. The number of aliphatic hydroxyl groups is 1. The lowest BCUT2D eigenvalue weighted by atomic mass is 9.66. The van der Waals surface area contributed by atoms with Crippen molar-refractivity contribution in [1.29, 1.82) is 0 Å². The molecule has 32 heavy (non-hydrogen) atoms. The third kappa shape index (κ3) is 4.44.